The van der Waals surface area contributed by atoms with Gasteiger partial charge in [-0.15, -0.1) is 0 Å². The molecule has 0 fully saturated rings. The number of aliphatic hydroxyl groups is 1. The first-order chi connectivity index (χ1) is 4.52. The Morgan fingerprint density at radius 2 is 2.40 bits per heavy atom. The van der Waals surface area contributed by atoms with Crippen LogP contribution in [0.5, 0.6) is 0 Å². The topological polar surface area (TPSA) is 70.3 Å². The second-order valence-electron chi connectivity index (χ2n) is 2.14. The summed E-state index contributed by atoms with van der Waals surface area (Å²) in [4.78, 5) is 10.5. The third kappa shape index (κ3) is 3.05. The average Bonchev–Trinajstić information content (AvgIpc) is 1.87. The van der Waals surface area contributed by atoms with Crippen LogP contribution < -0.4 is 0 Å². The van der Waals surface area contributed by atoms with Gasteiger partial charge in [-0.3, -0.25) is 4.79 Å². The van der Waals surface area contributed by atoms with Gasteiger partial charge in [-0.2, -0.15) is 5.26 Å². The van der Waals surface area contributed by atoms with E-state index < -0.39 is 11.6 Å². The summed E-state index contributed by atoms with van der Waals surface area (Å²) in [7, 11) is 1.20. The molecule has 0 aliphatic carbocycles. The highest BCUT2D eigenvalue weighted by molar-refractivity contribution is 5.70. The molecule has 0 heterocycles. The molecular formula is C6H9NO3. The molecule has 56 valence electrons. The van der Waals surface area contributed by atoms with Gasteiger partial charge in [0.05, 0.1) is 19.6 Å². The van der Waals surface area contributed by atoms with Gasteiger partial charge in [-0.25, -0.2) is 0 Å². The van der Waals surface area contributed by atoms with E-state index in [1.54, 1.807) is 6.07 Å². The minimum atomic E-state index is -1.60. The van der Waals surface area contributed by atoms with Crippen LogP contribution in [0.4, 0.5) is 0 Å². The van der Waals surface area contributed by atoms with E-state index in [9.17, 15) is 4.79 Å². The van der Waals surface area contributed by atoms with Crippen LogP contribution in [-0.2, 0) is 9.53 Å². The van der Waals surface area contributed by atoms with E-state index in [1.807, 2.05) is 0 Å². The molecule has 0 aliphatic rings. The molecule has 0 aromatic rings. The highest BCUT2D eigenvalue weighted by atomic mass is 16.5. The van der Waals surface area contributed by atoms with Gasteiger partial charge in [0.2, 0.25) is 0 Å². The van der Waals surface area contributed by atoms with Crippen LogP contribution >= 0.6 is 0 Å². The number of rotatable bonds is 2. The zero-order chi connectivity index (χ0) is 8.20. The summed E-state index contributed by atoms with van der Waals surface area (Å²) in [5.74, 6) is -0.591. The van der Waals surface area contributed by atoms with Gasteiger partial charge in [0, 0.05) is 0 Å². The predicted molar refractivity (Wildman–Crippen MR) is 32.9 cm³/mol. The molecule has 0 saturated carbocycles. The first-order valence-electron chi connectivity index (χ1n) is 2.72. The van der Waals surface area contributed by atoms with Crippen LogP contribution in [0.3, 0.4) is 0 Å². The Hall–Kier alpha value is -1.08. The number of nitrogens with zero attached hydrogens (tertiary/aromatic N) is 1. The Morgan fingerprint density at radius 3 is 2.70 bits per heavy atom. The molecule has 0 aromatic carbocycles. The van der Waals surface area contributed by atoms with Crippen molar-refractivity contribution in [1.29, 1.82) is 5.26 Å². The minimum absolute atomic E-state index is 0.292. The SMILES string of the molecule is COC(=O)CC(C)(O)C#N. The third-order valence-electron chi connectivity index (χ3n) is 0.957. The van der Waals surface area contributed by atoms with Crippen LogP contribution in [0.25, 0.3) is 0 Å². The minimum Gasteiger partial charge on any atom is -0.469 e. The highest BCUT2D eigenvalue weighted by Crippen LogP contribution is 2.07. The van der Waals surface area contributed by atoms with Crippen molar-refractivity contribution in [3.05, 3.63) is 0 Å². The fourth-order valence-corrected chi connectivity index (χ4v) is 0.393. The fourth-order valence-electron chi connectivity index (χ4n) is 0.393. The summed E-state index contributed by atoms with van der Waals surface area (Å²) < 4.78 is 4.24. The molecule has 0 radical (unpaired) electrons. The van der Waals surface area contributed by atoms with E-state index in [4.69, 9.17) is 10.4 Å². The number of carbonyl (C=O) groups excluding carboxylic acids is 1. The maximum absolute atomic E-state index is 10.5. The molecule has 1 atom stereocenters. The van der Waals surface area contributed by atoms with E-state index in [-0.39, 0.29) is 6.42 Å². The average molecular weight is 143 g/mol. The van der Waals surface area contributed by atoms with Gasteiger partial charge < -0.3 is 9.84 Å². The van der Waals surface area contributed by atoms with E-state index in [0.29, 0.717) is 0 Å². The van der Waals surface area contributed by atoms with Crippen molar-refractivity contribution >= 4 is 5.97 Å². The molecule has 4 heteroatoms. The first-order valence-corrected chi connectivity index (χ1v) is 2.72. The Balaban J connectivity index is 3.92. The molecule has 4 nitrogen and oxygen atoms in total. The van der Waals surface area contributed by atoms with Gasteiger partial charge in [0.1, 0.15) is 0 Å². The lowest BCUT2D eigenvalue weighted by Crippen LogP contribution is -2.25. The van der Waals surface area contributed by atoms with Gasteiger partial charge in [-0.05, 0) is 6.92 Å². The molecular weight excluding hydrogens is 134 g/mol. The number of carbonyl (C=O) groups is 1. The van der Waals surface area contributed by atoms with Crippen LogP contribution in [0, 0.1) is 11.3 Å². The molecule has 0 aromatic heterocycles. The van der Waals surface area contributed by atoms with Crippen molar-refractivity contribution in [3.8, 4) is 6.07 Å². The lowest BCUT2D eigenvalue weighted by molar-refractivity contribution is -0.143. The molecule has 0 rings (SSSR count). The summed E-state index contributed by atoms with van der Waals surface area (Å²) in [5.41, 5.74) is -1.60. The number of methoxy groups -OCH3 is 1. The van der Waals surface area contributed by atoms with Crippen LogP contribution in [0.15, 0.2) is 0 Å². The maximum Gasteiger partial charge on any atom is 0.309 e. The third-order valence-corrected chi connectivity index (χ3v) is 0.957. The second kappa shape index (κ2) is 3.18. The fraction of sp³-hybridized carbons (Fsp3) is 0.667. The monoisotopic (exact) mass is 143 g/mol. The number of hydrogen-bond donors (Lipinski definition) is 1. The molecule has 0 spiro atoms. The molecule has 0 saturated heterocycles. The number of hydrogen-bond acceptors (Lipinski definition) is 4. The van der Waals surface area contributed by atoms with Gasteiger partial charge in [0.25, 0.3) is 0 Å². The quantitative estimate of drug-likeness (QED) is 0.430. The Labute approximate surface area is 59.0 Å². The van der Waals surface area contributed by atoms with Crippen molar-refractivity contribution in [2.45, 2.75) is 18.9 Å². The summed E-state index contributed by atoms with van der Waals surface area (Å²) in [6, 6.07) is 1.56. The zero-order valence-corrected chi connectivity index (χ0v) is 5.92. The van der Waals surface area contributed by atoms with E-state index in [0.717, 1.165) is 0 Å². The number of ether oxygens (including phenoxy) is 1. The normalized spacial score (nSPS) is 15.0. The van der Waals surface area contributed by atoms with Gasteiger partial charge >= 0.3 is 5.97 Å². The van der Waals surface area contributed by atoms with E-state index in [2.05, 4.69) is 4.74 Å². The maximum atomic E-state index is 10.5. The Bertz CT molecular complexity index is 168. The molecule has 0 amide bonds. The lowest BCUT2D eigenvalue weighted by atomic mass is 10.1. The van der Waals surface area contributed by atoms with Gasteiger partial charge in [-0.1, -0.05) is 0 Å². The first kappa shape index (κ1) is 8.92. The van der Waals surface area contributed by atoms with Crippen molar-refractivity contribution < 1.29 is 14.6 Å². The van der Waals surface area contributed by atoms with Crippen LogP contribution in [0.1, 0.15) is 13.3 Å². The van der Waals surface area contributed by atoms with Crippen LogP contribution in [0.2, 0.25) is 0 Å². The van der Waals surface area contributed by atoms with Crippen molar-refractivity contribution in [2.75, 3.05) is 7.11 Å². The molecule has 1 N–H and O–H groups in total. The standard InChI is InChI=1S/C6H9NO3/c1-6(9,4-7)3-5(8)10-2/h9H,3H2,1-2H3. The van der Waals surface area contributed by atoms with E-state index >= 15 is 0 Å². The lowest BCUT2D eigenvalue weighted by Gasteiger charge is -2.10. The second-order valence-corrected chi connectivity index (χ2v) is 2.14. The van der Waals surface area contributed by atoms with Gasteiger partial charge in [0.15, 0.2) is 5.60 Å². The molecule has 1 unspecified atom stereocenters. The number of esters is 1. The smallest absolute Gasteiger partial charge is 0.309 e. The summed E-state index contributed by atoms with van der Waals surface area (Å²) in [6.07, 6.45) is -0.292. The molecule has 0 aliphatic heterocycles. The highest BCUT2D eigenvalue weighted by Gasteiger charge is 2.23. The molecule has 10 heavy (non-hydrogen) atoms. The largest absolute Gasteiger partial charge is 0.469 e. The van der Waals surface area contributed by atoms with Crippen LogP contribution in [-0.4, -0.2) is 23.8 Å². The molecule has 0 bridgehead atoms. The Kier molecular flexibility index (Phi) is 2.84. The number of nitriles is 1. The summed E-state index contributed by atoms with van der Waals surface area (Å²) in [6.45, 7) is 1.25. The summed E-state index contributed by atoms with van der Waals surface area (Å²) in [5, 5.41) is 17.2. The summed E-state index contributed by atoms with van der Waals surface area (Å²) >= 11 is 0. The van der Waals surface area contributed by atoms with E-state index in [1.165, 1.54) is 14.0 Å². The Morgan fingerprint density at radius 1 is 1.90 bits per heavy atom. The van der Waals surface area contributed by atoms with Crippen molar-refractivity contribution in [3.63, 3.8) is 0 Å². The zero-order valence-electron chi connectivity index (χ0n) is 5.92. The predicted octanol–water partition coefficient (Wildman–Crippen LogP) is -0.176. The van der Waals surface area contributed by atoms with Crippen molar-refractivity contribution in [1.82, 2.24) is 0 Å². The van der Waals surface area contributed by atoms with Crippen molar-refractivity contribution in [2.24, 2.45) is 0 Å².